The first-order chi connectivity index (χ1) is 7.99. The Balaban J connectivity index is 2.39. The number of alkyl halides is 1. The Morgan fingerprint density at radius 3 is 2.35 bits per heavy atom. The molecule has 2 rings (SSSR count). The van der Waals surface area contributed by atoms with E-state index in [-0.39, 0.29) is 4.83 Å². The first kappa shape index (κ1) is 13.3. The van der Waals surface area contributed by atoms with Gasteiger partial charge in [-0.1, -0.05) is 39.7 Å². The molecule has 0 nitrogen and oxygen atoms in total. The minimum atomic E-state index is 0.290. The Bertz CT molecular complexity index is 524. The quantitative estimate of drug-likeness (QED) is 0.573. The highest BCUT2D eigenvalue weighted by molar-refractivity contribution is 9.10. The Hall–Kier alpha value is -0.120. The van der Waals surface area contributed by atoms with Crippen molar-refractivity contribution < 1.29 is 0 Å². The molecule has 0 aliphatic rings. The molecule has 1 aromatic heterocycles. The van der Waals surface area contributed by atoms with Crippen LogP contribution in [0.25, 0.3) is 0 Å². The van der Waals surface area contributed by atoms with E-state index in [0.29, 0.717) is 0 Å². The van der Waals surface area contributed by atoms with Gasteiger partial charge in [-0.2, -0.15) is 0 Å². The summed E-state index contributed by atoms with van der Waals surface area (Å²) in [5, 5.41) is 0. The van der Waals surface area contributed by atoms with E-state index in [9.17, 15) is 0 Å². The summed E-state index contributed by atoms with van der Waals surface area (Å²) in [7, 11) is 0. The van der Waals surface area contributed by atoms with Gasteiger partial charge in [0, 0.05) is 14.2 Å². The van der Waals surface area contributed by atoms with Crippen LogP contribution >= 0.6 is 43.2 Å². The molecule has 0 radical (unpaired) electrons. The maximum Gasteiger partial charge on any atom is 0.0741 e. The van der Waals surface area contributed by atoms with Crippen molar-refractivity contribution in [1.29, 1.82) is 0 Å². The summed E-state index contributed by atoms with van der Waals surface area (Å²) in [5.41, 5.74) is 4.01. The van der Waals surface area contributed by atoms with Crippen LogP contribution < -0.4 is 0 Å². The number of hydrogen-bond acceptors (Lipinski definition) is 1. The zero-order valence-corrected chi connectivity index (χ0v) is 14.0. The fourth-order valence-corrected chi connectivity index (χ4v) is 4.35. The minimum Gasteiger partial charge on any atom is -0.143 e. The average molecular weight is 374 g/mol. The lowest BCUT2D eigenvalue weighted by Crippen LogP contribution is -1.93. The van der Waals surface area contributed by atoms with Crippen molar-refractivity contribution in [2.75, 3.05) is 0 Å². The zero-order valence-electron chi connectivity index (χ0n) is 10.1. The van der Waals surface area contributed by atoms with Crippen LogP contribution in [0, 0.1) is 20.8 Å². The van der Waals surface area contributed by atoms with E-state index in [2.05, 4.69) is 76.9 Å². The molecule has 1 heterocycles. The van der Waals surface area contributed by atoms with Crippen molar-refractivity contribution in [3.05, 3.63) is 55.2 Å². The lowest BCUT2D eigenvalue weighted by molar-refractivity contribution is 1.17. The van der Waals surface area contributed by atoms with Crippen LogP contribution in [-0.2, 0) is 0 Å². The van der Waals surface area contributed by atoms with Gasteiger partial charge in [0.05, 0.1) is 4.83 Å². The smallest absolute Gasteiger partial charge is 0.0741 e. The molecule has 2 aromatic rings. The van der Waals surface area contributed by atoms with Gasteiger partial charge in [0.2, 0.25) is 0 Å². The van der Waals surface area contributed by atoms with Crippen LogP contribution in [0.1, 0.15) is 31.3 Å². The molecule has 0 bridgehead atoms. The number of hydrogen-bond donors (Lipinski definition) is 0. The van der Waals surface area contributed by atoms with Gasteiger partial charge in [0.1, 0.15) is 0 Å². The fraction of sp³-hybridized carbons (Fsp3) is 0.286. The molecule has 17 heavy (non-hydrogen) atoms. The van der Waals surface area contributed by atoms with E-state index in [0.717, 1.165) is 0 Å². The number of halogens is 2. The highest BCUT2D eigenvalue weighted by Gasteiger charge is 2.16. The second kappa shape index (κ2) is 5.25. The third kappa shape index (κ3) is 2.83. The van der Waals surface area contributed by atoms with Gasteiger partial charge < -0.3 is 0 Å². The molecule has 3 heteroatoms. The first-order valence-corrected chi connectivity index (χ1v) is 7.98. The van der Waals surface area contributed by atoms with Crippen molar-refractivity contribution >= 4 is 43.2 Å². The fourth-order valence-electron chi connectivity index (χ4n) is 1.87. The monoisotopic (exact) mass is 372 g/mol. The summed E-state index contributed by atoms with van der Waals surface area (Å²) in [6.45, 7) is 6.44. The maximum absolute atomic E-state index is 3.81. The predicted octanol–water partition coefficient (Wildman–Crippen LogP) is 5.92. The van der Waals surface area contributed by atoms with E-state index in [1.54, 1.807) is 0 Å². The third-order valence-corrected chi connectivity index (χ3v) is 6.32. The molecule has 1 atom stereocenters. The lowest BCUT2D eigenvalue weighted by Gasteiger charge is -2.12. The number of rotatable bonds is 2. The summed E-state index contributed by atoms with van der Waals surface area (Å²) >= 11 is 9.22. The minimum absolute atomic E-state index is 0.290. The highest BCUT2D eigenvalue weighted by Crippen LogP contribution is 2.39. The molecule has 0 saturated carbocycles. The maximum atomic E-state index is 3.81. The van der Waals surface area contributed by atoms with Crippen LogP contribution in [0.3, 0.4) is 0 Å². The number of benzene rings is 1. The standard InChI is InChI=1S/C14H14Br2S/c1-8-4-5-11(9(2)6-8)14(16)13-7-12(15)10(3)17-13/h4-7,14H,1-3H3. The molecule has 1 unspecified atom stereocenters. The molecule has 0 aliphatic heterocycles. The number of thiophene rings is 1. The van der Waals surface area contributed by atoms with E-state index < -0.39 is 0 Å². The van der Waals surface area contributed by atoms with Gasteiger partial charge in [-0.25, -0.2) is 0 Å². The van der Waals surface area contributed by atoms with Crippen LogP contribution in [0.4, 0.5) is 0 Å². The topological polar surface area (TPSA) is 0 Å². The van der Waals surface area contributed by atoms with Crippen molar-refractivity contribution in [3.63, 3.8) is 0 Å². The summed E-state index contributed by atoms with van der Waals surface area (Å²) in [4.78, 5) is 2.97. The van der Waals surface area contributed by atoms with Gasteiger partial charge in [-0.15, -0.1) is 11.3 Å². The highest BCUT2D eigenvalue weighted by atomic mass is 79.9. The van der Waals surface area contributed by atoms with Gasteiger partial charge >= 0.3 is 0 Å². The Labute approximate surface area is 123 Å². The van der Waals surface area contributed by atoms with Crippen molar-refractivity contribution in [3.8, 4) is 0 Å². The molecule has 90 valence electrons. The van der Waals surface area contributed by atoms with E-state index in [1.165, 1.54) is 30.9 Å². The van der Waals surface area contributed by atoms with Gasteiger partial charge in [-0.3, -0.25) is 0 Å². The Morgan fingerprint density at radius 2 is 1.82 bits per heavy atom. The normalized spacial score (nSPS) is 12.8. The van der Waals surface area contributed by atoms with E-state index in [1.807, 2.05) is 11.3 Å². The molecule has 1 aromatic carbocycles. The van der Waals surface area contributed by atoms with Crippen molar-refractivity contribution in [1.82, 2.24) is 0 Å². The van der Waals surface area contributed by atoms with E-state index >= 15 is 0 Å². The van der Waals surface area contributed by atoms with Gasteiger partial charge in [0.25, 0.3) is 0 Å². The molecule has 0 N–H and O–H groups in total. The predicted molar refractivity (Wildman–Crippen MR) is 83.4 cm³/mol. The second-order valence-electron chi connectivity index (χ2n) is 4.28. The molecule has 0 fully saturated rings. The Kier molecular flexibility index (Phi) is 4.11. The summed E-state index contributed by atoms with van der Waals surface area (Å²) in [6.07, 6.45) is 0. The van der Waals surface area contributed by atoms with Gasteiger partial charge in [0.15, 0.2) is 0 Å². The molecular weight excluding hydrogens is 360 g/mol. The molecular formula is C14H14Br2S. The summed E-state index contributed by atoms with van der Waals surface area (Å²) in [5.74, 6) is 0. The van der Waals surface area contributed by atoms with E-state index in [4.69, 9.17) is 0 Å². The third-order valence-electron chi connectivity index (χ3n) is 2.82. The first-order valence-electron chi connectivity index (χ1n) is 5.46. The number of aryl methyl sites for hydroxylation is 3. The SMILES string of the molecule is Cc1ccc(C(Br)c2cc(Br)c(C)s2)c(C)c1. The molecule has 0 aliphatic carbocycles. The second-order valence-corrected chi connectivity index (χ2v) is 7.33. The molecule has 0 amide bonds. The van der Waals surface area contributed by atoms with Crippen molar-refractivity contribution in [2.24, 2.45) is 0 Å². The van der Waals surface area contributed by atoms with Crippen molar-refractivity contribution in [2.45, 2.75) is 25.6 Å². The molecule has 0 saturated heterocycles. The van der Waals surface area contributed by atoms with Crippen LogP contribution in [0.2, 0.25) is 0 Å². The summed E-state index contributed by atoms with van der Waals surface area (Å²) in [6, 6.07) is 8.83. The van der Waals surface area contributed by atoms with Crippen LogP contribution in [-0.4, -0.2) is 0 Å². The van der Waals surface area contributed by atoms with Crippen LogP contribution in [0.5, 0.6) is 0 Å². The zero-order chi connectivity index (χ0) is 12.6. The summed E-state index contributed by atoms with van der Waals surface area (Å²) < 4.78 is 1.20. The Morgan fingerprint density at radius 1 is 1.12 bits per heavy atom. The van der Waals surface area contributed by atoms with Gasteiger partial charge in [-0.05, 0) is 53.9 Å². The lowest BCUT2D eigenvalue weighted by atomic mass is 10.0. The largest absolute Gasteiger partial charge is 0.143 e. The average Bonchev–Trinajstić information content (AvgIpc) is 2.58. The molecule has 0 spiro atoms. The van der Waals surface area contributed by atoms with Crippen LogP contribution in [0.15, 0.2) is 28.7 Å².